The molecule has 0 amide bonds. The Morgan fingerprint density at radius 2 is 0.589 bits per heavy atom. The molecule has 274 valence electrons. The highest BCUT2D eigenvalue weighted by molar-refractivity contribution is 7.91. The predicted octanol–water partition coefficient (Wildman–Crippen LogP) is 10.5. The van der Waals surface area contributed by atoms with Crippen LogP contribution in [0, 0.1) is 24.7 Å². The first-order valence-corrected chi connectivity index (χ1v) is 19.9. The minimum atomic E-state index is -3.80. The summed E-state index contributed by atoms with van der Waals surface area (Å²) >= 11 is 0. The number of hydrogen-bond acceptors (Lipinski definition) is 8. The fourth-order valence-corrected chi connectivity index (χ4v) is 7.93. The number of benzene rings is 7. The van der Waals surface area contributed by atoms with Gasteiger partial charge in [-0.15, -0.1) is 12.8 Å². The van der Waals surface area contributed by atoms with Gasteiger partial charge in [0.15, 0.2) is 0 Å². The number of terminal acetylenes is 2. The van der Waals surface area contributed by atoms with Crippen molar-refractivity contribution in [1.29, 1.82) is 0 Å². The molecule has 0 bridgehead atoms. The maximum Gasteiger partial charge on any atom is 0.206 e. The highest BCUT2D eigenvalue weighted by Gasteiger charge is 2.19. The van der Waals surface area contributed by atoms with Crippen LogP contribution in [0.15, 0.2) is 189 Å². The maximum absolute atomic E-state index is 13.3. The second kappa shape index (κ2) is 16.0. The van der Waals surface area contributed by atoms with Gasteiger partial charge in [-0.25, -0.2) is 16.8 Å². The van der Waals surface area contributed by atoms with E-state index in [2.05, 4.69) is 11.8 Å². The third kappa shape index (κ3) is 8.59. The summed E-state index contributed by atoms with van der Waals surface area (Å²) in [5, 5.41) is 0. The molecule has 0 saturated carbocycles. The molecule has 0 unspecified atom stereocenters. The zero-order valence-electron chi connectivity index (χ0n) is 29.4. The summed E-state index contributed by atoms with van der Waals surface area (Å²) in [6, 6.07) is 45.4. The van der Waals surface area contributed by atoms with Crippen LogP contribution < -0.4 is 18.9 Å². The largest absolute Gasteiger partial charge is 0.457 e. The molecule has 0 heterocycles. The lowest BCUT2D eigenvalue weighted by Gasteiger charge is -2.11. The monoisotopic (exact) mass is 774 g/mol. The van der Waals surface area contributed by atoms with Gasteiger partial charge in [0.2, 0.25) is 19.7 Å². The van der Waals surface area contributed by atoms with Gasteiger partial charge in [0.05, 0.1) is 19.6 Å². The molecule has 7 aromatic carbocycles. The van der Waals surface area contributed by atoms with E-state index in [0.717, 1.165) is 5.56 Å². The molecule has 56 heavy (non-hydrogen) atoms. The van der Waals surface area contributed by atoms with Crippen LogP contribution in [0.2, 0.25) is 0 Å². The summed E-state index contributed by atoms with van der Waals surface area (Å²) in [4.78, 5) is 0.449. The molecule has 8 nitrogen and oxygen atoms in total. The van der Waals surface area contributed by atoms with Crippen molar-refractivity contribution in [3.05, 3.63) is 181 Å². The minimum Gasteiger partial charge on any atom is -0.457 e. The van der Waals surface area contributed by atoms with Crippen LogP contribution in [0.1, 0.15) is 11.1 Å². The van der Waals surface area contributed by atoms with Crippen LogP contribution >= 0.6 is 0 Å². The highest BCUT2D eigenvalue weighted by atomic mass is 32.2. The minimum absolute atomic E-state index is 0.106. The summed E-state index contributed by atoms with van der Waals surface area (Å²) in [5.74, 6) is 9.04. The van der Waals surface area contributed by atoms with Gasteiger partial charge in [-0.2, -0.15) is 0 Å². The number of hydrogen-bond donors (Lipinski definition) is 0. The molecule has 0 aliphatic heterocycles. The Bertz CT molecular complexity index is 2780. The van der Waals surface area contributed by atoms with E-state index in [1.165, 1.54) is 48.5 Å². The summed E-state index contributed by atoms with van der Waals surface area (Å²) in [6.07, 6.45) is 10.8. The number of sulfone groups is 2. The highest BCUT2D eigenvalue weighted by Crippen LogP contribution is 2.32. The van der Waals surface area contributed by atoms with Gasteiger partial charge in [0.25, 0.3) is 0 Å². The second-order valence-electron chi connectivity index (χ2n) is 12.1. The first kappa shape index (κ1) is 37.1. The van der Waals surface area contributed by atoms with Gasteiger partial charge >= 0.3 is 0 Å². The molecule has 0 saturated heterocycles. The van der Waals surface area contributed by atoms with E-state index >= 15 is 0 Å². The fraction of sp³-hybridized carbons (Fsp3) is 0. The van der Waals surface area contributed by atoms with E-state index in [1.54, 1.807) is 121 Å². The lowest BCUT2D eigenvalue weighted by Crippen LogP contribution is -2.02. The molecule has 0 atom stereocenters. The van der Waals surface area contributed by atoms with E-state index in [1.807, 2.05) is 0 Å². The smallest absolute Gasteiger partial charge is 0.206 e. The number of ether oxygens (including phenoxy) is 4. The molecule has 10 heteroatoms. The van der Waals surface area contributed by atoms with Gasteiger partial charge in [-0.05, 0) is 164 Å². The summed E-state index contributed by atoms with van der Waals surface area (Å²) in [7, 11) is -7.59. The van der Waals surface area contributed by atoms with Gasteiger partial charge in [-0.3, -0.25) is 0 Å². The topological polar surface area (TPSA) is 105 Å². The average molecular weight is 775 g/mol. The third-order valence-corrected chi connectivity index (χ3v) is 11.9. The van der Waals surface area contributed by atoms with Crippen molar-refractivity contribution in [3.63, 3.8) is 0 Å². The maximum atomic E-state index is 13.3. The summed E-state index contributed by atoms with van der Waals surface area (Å²) < 4.78 is 76.6. The number of rotatable bonds is 12. The molecule has 0 aromatic heterocycles. The Balaban J connectivity index is 0.931. The lowest BCUT2D eigenvalue weighted by atomic mass is 10.2. The Hall–Kier alpha value is -7.24. The van der Waals surface area contributed by atoms with Gasteiger partial charge in [0.1, 0.15) is 46.0 Å². The van der Waals surface area contributed by atoms with Crippen molar-refractivity contribution in [2.75, 3.05) is 0 Å². The van der Waals surface area contributed by atoms with Crippen LogP contribution in [0.5, 0.6) is 46.0 Å². The quantitative estimate of drug-likeness (QED) is 0.113. The van der Waals surface area contributed by atoms with Crippen LogP contribution in [0.4, 0.5) is 0 Å². The molecule has 0 N–H and O–H groups in total. The Labute approximate surface area is 325 Å². The second-order valence-corrected chi connectivity index (χ2v) is 16.0. The van der Waals surface area contributed by atoms with Crippen LogP contribution in [-0.4, -0.2) is 16.8 Å². The van der Waals surface area contributed by atoms with Crippen molar-refractivity contribution < 1.29 is 35.8 Å². The van der Waals surface area contributed by atoms with Crippen molar-refractivity contribution in [3.8, 4) is 70.7 Å². The fourth-order valence-electron chi connectivity index (χ4n) is 5.41. The van der Waals surface area contributed by atoms with Crippen molar-refractivity contribution in [1.82, 2.24) is 0 Å². The standard InChI is InChI=1S/C46H30O8S2/c1-3-33-8-10-35(11-9-33)51-38-16-24-43(25-17-38)55(47,48)44-26-18-39(19-27-44)52-36-12-14-37(15-13-36)53-40-20-28-45(29-21-40)56(49,50)46-30-22-41(23-31-46)54-42-7-5-6-34(4-2)32-42/h1-2,5-32H. The van der Waals surface area contributed by atoms with Crippen LogP contribution in [0.25, 0.3) is 0 Å². The summed E-state index contributed by atoms with van der Waals surface area (Å²) in [5.41, 5.74) is 1.40. The average Bonchev–Trinajstić information content (AvgIpc) is 3.23. The van der Waals surface area contributed by atoms with Gasteiger partial charge in [-0.1, -0.05) is 17.9 Å². The molecule has 7 aromatic rings. The zero-order valence-corrected chi connectivity index (χ0v) is 31.0. The van der Waals surface area contributed by atoms with Gasteiger partial charge in [0, 0.05) is 11.1 Å². The van der Waals surface area contributed by atoms with E-state index in [0.29, 0.717) is 51.6 Å². The van der Waals surface area contributed by atoms with Gasteiger partial charge < -0.3 is 18.9 Å². The molecule has 0 radical (unpaired) electrons. The Kier molecular flexibility index (Phi) is 10.6. The van der Waals surface area contributed by atoms with Crippen molar-refractivity contribution in [2.45, 2.75) is 19.6 Å². The predicted molar refractivity (Wildman–Crippen MR) is 212 cm³/mol. The molecule has 0 fully saturated rings. The molecule has 7 rings (SSSR count). The molecule has 0 spiro atoms. The molecule has 0 aliphatic rings. The van der Waals surface area contributed by atoms with Crippen LogP contribution in [0.3, 0.4) is 0 Å². The molecule has 0 aliphatic carbocycles. The zero-order chi connectivity index (χ0) is 39.1. The Morgan fingerprint density at radius 1 is 0.321 bits per heavy atom. The van der Waals surface area contributed by atoms with Crippen molar-refractivity contribution in [2.24, 2.45) is 0 Å². The normalized spacial score (nSPS) is 11.1. The Morgan fingerprint density at radius 3 is 0.893 bits per heavy atom. The van der Waals surface area contributed by atoms with E-state index in [9.17, 15) is 16.8 Å². The third-order valence-electron chi connectivity index (χ3n) is 8.32. The first-order valence-electron chi connectivity index (χ1n) is 16.9. The van der Waals surface area contributed by atoms with Crippen LogP contribution in [-0.2, 0) is 19.7 Å². The van der Waals surface area contributed by atoms with Crippen molar-refractivity contribution >= 4 is 19.7 Å². The lowest BCUT2D eigenvalue weighted by molar-refractivity contribution is 0.469. The summed E-state index contributed by atoms with van der Waals surface area (Å²) in [6.45, 7) is 0. The van der Waals surface area contributed by atoms with E-state index in [-0.39, 0.29) is 19.6 Å². The van der Waals surface area contributed by atoms with E-state index in [4.69, 9.17) is 31.8 Å². The SMILES string of the molecule is C#Cc1ccc(Oc2ccc(S(=O)(=O)c3ccc(Oc4ccc(Oc5ccc(S(=O)(=O)c6ccc(Oc7cccc(C#C)c7)cc6)cc5)cc4)cc3)cc2)cc1. The molecular formula is C46H30O8S2. The van der Waals surface area contributed by atoms with E-state index < -0.39 is 19.7 Å². The molecular weight excluding hydrogens is 745 g/mol. The first-order chi connectivity index (χ1) is 27.1.